The molecule has 186 valence electrons. The van der Waals surface area contributed by atoms with E-state index in [2.05, 4.69) is 16.0 Å². The number of hydrogen-bond donors (Lipinski definition) is 7. The molecular weight excluding hydrogens is 458 g/mol. The molecule has 0 fully saturated rings. The average Bonchev–Trinajstić information content (AvgIpc) is 2.77. The highest BCUT2D eigenvalue weighted by Crippen LogP contribution is 2.06. The van der Waals surface area contributed by atoms with Gasteiger partial charge in [0, 0.05) is 0 Å². The molecule has 3 amide bonds. The van der Waals surface area contributed by atoms with Gasteiger partial charge in [-0.2, -0.15) is 23.5 Å². The summed E-state index contributed by atoms with van der Waals surface area (Å²) in [5.74, 6) is -1.96. The van der Waals surface area contributed by atoms with Gasteiger partial charge in [0.25, 0.3) is 0 Å². The van der Waals surface area contributed by atoms with E-state index in [4.69, 9.17) is 11.5 Å². The van der Waals surface area contributed by atoms with Crippen molar-refractivity contribution in [2.45, 2.75) is 56.3 Å². The molecular formula is C19H37N5O6S2. The van der Waals surface area contributed by atoms with Gasteiger partial charge in [0.2, 0.25) is 17.7 Å². The third-order valence-corrected chi connectivity index (χ3v) is 5.88. The highest BCUT2D eigenvalue weighted by Gasteiger charge is 2.29. The molecule has 9 N–H and O–H groups in total. The maximum Gasteiger partial charge on any atom is 0.326 e. The molecule has 0 aromatic rings. The Kier molecular flexibility index (Phi) is 17.1. The summed E-state index contributed by atoms with van der Waals surface area (Å²) >= 11 is 2.98. The monoisotopic (exact) mass is 495 g/mol. The Morgan fingerprint density at radius 3 is 1.88 bits per heavy atom. The summed E-state index contributed by atoms with van der Waals surface area (Å²) in [7, 11) is 0. The molecule has 4 unspecified atom stereocenters. The zero-order chi connectivity index (χ0) is 24.5. The first-order valence-corrected chi connectivity index (χ1v) is 13.2. The quantitative estimate of drug-likeness (QED) is 0.110. The smallest absolute Gasteiger partial charge is 0.326 e. The molecule has 0 rings (SSSR count). The predicted octanol–water partition coefficient (Wildman–Crippen LogP) is -1.52. The highest BCUT2D eigenvalue weighted by atomic mass is 32.2. The van der Waals surface area contributed by atoms with Crippen LogP contribution in [0.4, 0.5) is 0 Å². The van der Waals surface area contributed by atoms with Crippen molar-refractivity contribution in [2.24, 2.45) is 11.5 Å². The Balaban J connectivity index is 5.18. The summed E-state index contributed by atoms with van der Waals surface area (Å²) in [4.78, 5) is 49.0. The normalized spacial score (nSPS) is 14.7. The Morgan fingerprint density at radius 1 is 0.812 bits per heavy atom. The summed E-state index contributed by atoms with van der Waals surface area (Å²) in [5, 5.41) is 26.3. The standard InChI is InChI=1S/C19H37N5O6S2/c1-31-9-6-12(21)16(26)24-15(11-25)18(28)22-13(5-3-4-8-20)17(27)23-14(19(29)30)7-10-32-2/h12-15,25H,3-11,20-21H2,1-2H3,(H,22,28)(H,23,27)(H,24,26)(H,29,30). The van der Waals surface area contributed by atoms with Crippen molar-refractivity contribution >= 4 is 47.2 Å². The number of nitrogens with two attached hydrogens (primary N) is 2. The van der Waals surface area contributed by atoms with Crippen LogP contribution in [0, 0.1) is 0 Å². The van der Waals surface area contributed by atoms with Crippen LogP contribution in [-0.4, -0.2) is 95.2 Å². The molecule has 0 aromatic heterocycles. The molecule has 0 bridgehead atoms. The van der Waals surface area contributed by atoms with Crippen LogP contribution in [0.1, 0.15) is 32.1 Å². The van der Waals surface area contributed by atoms with E-state index >= 15 is 0 Å². The van der Waals surface area contributed by atoms with Gasteiger partial charge >= 0.3 is 5.97 Å². The zero-order valence-electron chi connectivity index (χ0n) is 18.7. The topological polar surface area (TPSA) is 197 Å². The van der Waals surface area contributed by atoms with Gasteiger partial charge in [0.1, 0.15) is 18.1 Å². The lowest BCUT2D eigenvalue weighted by molar-refractivity contribution is -0.142. The van der Waals surface area contributed by atoms with Gasteiger partial charge in [-0.1, -0.05) is 0 Å². The van der Waals surface area contributed by atoms with E-state index in [9.17, 15) is 29.4 Å². The molecule has 11 nitrogen and oxygen atoms in total. The minimum Gasteiger partial charge on any atom is -0.480 e. The maximum atomic E-state index is 12.7. The highest BCUT2D eigenvalue weighted by molar-refractivity contribution is 7.98. The number of aliphatic carboxylic acids is 1. The lowest BCUT2D eigenvalue weighted by Crippen LogP contribution is -2.58. The summed E-state index contributed by atoms with van der Waals surface area (Å²) in [6.45, 7) is -0.285. The summed E-state index contributed by atoms with van der Waals surface area (Å²) in [5.41, 5.74) is 11.3. The minimum atomic E-state index is -1.29. The van der Waals surface area contributed by atoms with E-state index in [1.807, 2.05) is 12.5 Å². The number of rotatable bonds is 18. The fourth-order valence-corrected chi connectivity index (χ4v) is 3.61. The van der Waals surface area contributed by atoms with Gasteiger partial charge in [0.05, 0.1) is 12.6 Å². The average molecular weight is 496 g/mol. The van der Waals surface area contributed by atoms with E-state index in [0.29, 0.717) is 37.3 Å². The zero-order valence-corrected chi connectivity index (χ0v) is 20.3. The Labute approximate surface area is 197 Å². The van der Waals surface area contributed by atoms with Crippen molar-refractivity contribution in [3.63, 3.8) is 0 Å². The van der Waals surface area contributed by atoms with Crippen molar-refractivity contribution in [2.75, 3.05) is 37.2 Å². The van der Waals surface area contributed by atoms with Gasteiger partial charge in [-0.05, 0) is 62.7 Å². The van der Waals surface area contributed by atoms with Crippen LogP contribution in [-0.2, 0) is 19.2 Å². The molecule has 0 spiro atoms. The third kappa shape index (κ3) is 12.5. The van der Waals surface area contributed by atoms with Crippen LogP contribution in [0.15, 0.2) is 0 Å². The van der Waals surface area contributed by atoms with Crippen molar-refractivity contribution < 1.29 is 29.4 Å². The molecule has 0 heterocycles. The number of thioether (sulfide) groups is 2. The third-order valence-electron chi connectivity index (χ3n) is 4.59. The van der Waals surface area contributed by atoms with E-state index in [1.165, 1.54) is 23.5 Å². The van der Waals surface area contributed by atoms with Crippen molar-refractivity contribution in [3.05, 3.63) is 0 Å². The van der Waals surface area contributed by atoms with Gasteiger partial charge in [0.15, 0.2) is 0 Å². The van der Waals surface area contributed by atoms with E-state index in [1.54, 1.807) is 0 Å². The Morgan fingerprint density at radius 2 is 1.34 bits per heavy atom. The van der Waals surface area contributed by atoms with Gasteiger partial charge < -0.3 is 37.6 Å². The summed E-state index contributed by atoms with van der Waals surface area (Å²) in [6, 6.07) is -4.26. The van der Waals surface area contributed by atoms with Gasteiger partial charge in [-0.3, -0.25) is 14.4 Å². The summed E-state index contributed by atoms with van der Waals surface area (Å²) in [6.07, 6.45) is 5.70. The number of carboxylic acid groups (broad SMARTS) is 1. The maximum absolute atomic E-state index is 12.7. The number of aliphatic hydroxyl groups excluding tert-OH is 1. The van der Waals surface area contributed by atoms with E-state index < -0.39 is 54.5 Å². The van der Waals surface area contributed by atoms with Gasteiger partial charge in [-0.15, -0.1) is 0 Å². The van der Waals surface area contributed by atoms with Crippen LogP contribution < -0.4 is 27.4 Å². The van der Waals surface area contributed by atoms with E-state index in [-0.39, 0.29) is 12.8 Å². The van der Waals surface area contributed by atoms with Crippen LogP contribution in [0.2, 0.25) is 0 Å². The number of carbonyl (C=O) groups is 4. The predicted molar refractivity (Wildman–Crippen MR) is 127 cm³/mol. The molecule has 32 heavy (non-hydrogen) atoms. The Hall–Kier alpha value is -1.54. The van der Waals surface area contributed by atoms with Crippen molar-refractivity contribution in [1.29, 1.82) is 0 Å². The van der Waals surface area contributed by atoms with Crippen LogP contribution in [0.3, 0.4) is 0 Å². The first-order valence-electron chi connectivity index (χ1n) is 10.4. The van der Waals surface area contributed by atoms with Crippen LogP contribution >= 0.6 is 23.5 Å². The largest absolute Gasteiger partial charge is 0.480 e. The number of amides is 3. The molecule has 0 aliphatic heterocycles. The second-order valence-corrected chi connectivity index (χ2v) is 9.13. The number of aliphatic hydroxyl groups is 1. The molecule has 0 saturated carbocycles. The first-order chi connectivity index (χ1) is 15.2. The molecule has 4 atom stereocenters. The fourth-order valence-electron chi connectivity index (χ4n) is 2.65. The van der Waals surface area contributed by atoms with Crippen molar-refractivity contribution in [1.82, 2.24) is 16.0 Å². The van der Waals surface area contributed by atoms with Crippen molar-refractivity contribution in [3.8, 4) is 0 Å². The van der Waals surface area contributed by atoms with Crippen LogP contribution in [0.5, 0.6) is 0 Å². The number of carboxylic acids is 1. The van der Waals surface area contributed by atoms with E-state index in [0.717, 1.165) is 0 Å². The Bertz CT molecular complexity index is 599. The fraction of sp³-hybridized carbons (Fsp3) is 0.789. The minimum absolute atomic E-state index is 0.225. The van der Waals surface area contributed by atoms with Crippen LogP contribution in [0.25, 0.3) is 0 Å². The number of carbonyl (C=O) groups excluding carboxylic acids is 3. The molecule has 0 saturated heterocycles. The lowest BCUT2D eigenvalue weighted by atomic mass is 10.1. The second kappa shape index (κ2) is 18.0. The first kappa shape index (κ1) is 30.5. The summed E-state index contributed by atoms with van der Waals surface area (Å²) < 4.78 is 0. The molecule has 0 radical (unpaired) electrons. The molecule has 0 aliphatic carbocycles. The van der Waals surface area contributed by atoms with Gasteiger partial charge in [-0.25, -0.2) is 4.79 Å². The number of hydrogen-bond acceptors (Lipinski definition) is 9. The second-order valence-electron chi connectivity index (χ2n) is 7.16. The SMILES string of the molecule is CSCCC(N)C(=O)NC(CO)C(=O)NC(CCCCN)C(=O)NC(CCSC)C(=O)O. The molecule has 0 aromatic carbocycles. The lowest BCUT2D eigenvalue weighted by Gasteiger charge is -2.24. The number of nitrogens with one attached hydrogen (secondary N) is 3. The molecule has 0 aliphatic rings. The molecule has 13 heteroatoms. The number of unbranched alkanes of at least 4 members (excludes halogenated alkanes) is 1.